The molecule has 21 heavy (non-hydrogen) atoms. The topological polar surface area (TPSA) is 114 Å². The lowest BCUT2D eigenvalue weighted by molar-refractivity contribution is -0.122. The molecule has 4 N–H and O–H groups in total. The van der Waals surface area contributed by atoms with E-state index in [2.05, 4.69) is 26.9 Å². The molecule has 0 fully saturated rings. The SMILES string of the molecule is CCNC(=O)C(C)NS(=O)(=O)c1cncc(C#CCN)c1. The number of amides is 1. The molecule has 114 valence electrons. The zero-order chi connectivity index (χ0) is 15.9. The Morgan fingerprint density at radius 1 is 1.48 bits per heavy atom. The Kier molecular flexibility index (Phi) is 6.30. The summed E-state index contributed by atoms with van der Waals surface area (Å²) in [7, 11) is -3.84. The van der Waals surface area contributed by atoms with Crippen molar-refractivity contribution in [2.75, 3.05) is 13.1 Å². The molecule has 1 aromatic heterocycles. The van der Waals surface area contributed by atoms with E-state index in [-0.39, 0.29) is 11.4 Å². The molecule has 1 heterocycles. The molecule has 1 unspecified atom stereocenters. The van der Waals surface area contributed by atoms with Crippen LogP contribution in [0.15, 0.2) is 23.4 Å². The van der Waals surface area contributed by atoms with Gasteiger partial charge in [0.25, 0.3) is 0 Å². The third-order valence-electron chi connectivity index (χ3n) is 2.43. The van der Waals surface area contributed by atoms with Crippen molar-refractivity contribution in [2.45, 2.75) is 24.8 Å². The fourth-order valence-electron chi connectivity index (χ4n) is 1.47. The van der Waals surface area contributed by atoms with Gasteiger partial charge < -0.3 is 11.1 Å². The second-order valence-corrected chi connectivity index (χ2v) is 5.87. The third-order valence-corrected chi connectivity index (χ3v) is 3.94. The second kappa shape index (κ2) is 7.73. The molecule has 0 radical (unpaired) electrons. The molecular weight excluding hydrogens is 292 g/mol. The van der Waals surface area contributed by atoms with Crippen molar-refractivity contribution >= 4 is 15.9 Å². The van der Waals surface area contributed by atoms with Crippen LogP contribution in [0.25, 0.3) is 0 Å². The Labute approximate surface area is 124 Å². The second-order valence-electron chi connectivity index (χ2n) is 4.15. The van der Waals surface area contributed by atoms with Crippen LogP contribution in [0.5, 0.6) is 0 Å². The van der Waals surface area contributed by atoms with Crippen molar-refractivity contribution in [2.24, 2.45) is 5.73 Å². The molecule has 1 aromatic rings. The van der Waals surface area contributed by atoms with Gasteiger partial charge in [-0.25, -0.2) is 8.42 Å². The minimum Gasteiger partial charge on any atom is -0.355 e. The molecule has 0 bridgehead atoms. The summed E-state index contributed by atoms with van der Waals surface area (Å²) in [5.41, 5.74) is 5.70. The number of carbonyl (C=O) groups excluding carboxylic acids is 1. The van der Waals surface area contributed by atoms with Crippen LogP contribution in [0, 0.1) is 11.8 Å². The van der Waals surface area contributed by atoms with Gasteiger partial charge in [0, 0.05) is 24.5 Å². The van der Waals surface area contributed by atoms with Gasteiger partial charge in [-0.1, -0.05) is 11.8 Å². The molecule has 7 nitrogen and oxygen atoms in total. The van der Waals surface area contributed by atoms with E-state index in [4.69, 9.17) is 5.73 Å². The highest BCUT2D eigenvalue weighted by atomic mass is 32.2. The number of rotatable bonds is 5. The Hall–Kier alpha value is -1.95. The van der Waals surface area contributed by atoms with E-state index in [1.165, 1.54) is 25.4 Å². The Morgan fingerprint density at radius 2 is 2.19 bits per heavy atom. The molecule has 0 spiro atoms. The van der Waals surface area contributed by atoms with Gasteiger partial charge in [-0.3, -0.25) is 9.78 Å². The molecule has 1 atom stereocenters. The number of hydrogen-bond donors (Lipinski definition) is 3. The number of pyridine rings is 1. The first-order valence-electron chi connectivity index (χ1n) is 6.34. The average Bonchev–Trinajstić information content (AvgIpc) is 2.45. The van der Waals surface area contributed by atoms with Crippen LogP contribution in [-0.2, 0) is 14.8 Å². The van der Waals surface area contributed by atoms with Gasteiger partial charge in [0.05, 0.1) is 12.6 Å². The van der Waals surface area contributed by atoms with Crippen molar-refractivity contribution in [3.63, 3.8) is 0 Å². The first-order valence-corrected chi connectivity index (χ1v) is 7.83. The average molecular weight is 310 g/mol. The van der Waals surface area contributed by atoms with Gasteiger partial charge in [0.2, 0.25) is 15.9 Å². The van der Waals surface area contributed by atoms with E-state index in [1.807, 2.05) is 0 Å². The summed E-state index contributed by atoms with van der Waals surface area (Å²) >= 11 is 0. The Bertz CT molecular complexity index is 661. The molecular formula is C13H18N4O3S. The summed E-state index contributed by atoms with van der Waals surface area (Å²) in [5.74, 6) is 4.93. The summed E-state index contributed by atoms with van der Waals surface area (Å²) in [6.07, 6.45) is 2.63. The van der Waals surface area contributed by atoms with Crippen LogP contribution in [0.1, 0.15) is 19.4 Å². The molecule has 0 aliphatic heterocycles. The predicted molar refractivity (Wildman–Crippen MR) is 78.6 cm³/mol. The smallest absolute Gasteiger partial charge is 0.242 e. The Balaban J connectivity index is 2.95. The molecule has 0 aromatic carbocycles. The summed E-state index contributed by atoms with van der Waals surface area (Å²) in [6.45, 7) is 3.82. The fourth-order valence-corrected chi connectivity index (χ4v) is 2.66. The highest BCUT2D eigenvalue weighted by molar-refractivity contribution is 7.89. The highest BCUT2D eigenvalue weighted by Gasteiger charge is 2.22. The maximum atomic E-state index is 12.2. The fraction of sp³-hybridized carbons (Fsp3) is 0.385. The Morgan fingerprint density at radius 3 is 2.81 bits per heavy atom. The van der Waals surface area contributed by atoms with E-state index >= 15 is 0 Å². The van der Waals surface area contributed by atoms with Gasteiger partial charge >= 0.3 is 0 Å². The van der Waals surface area contributed by atoms with E-state index in [9.17, 15) is 13.2 Å². The lowest BCUT2D eigenvalue weighted by Gasteiger charge is -2.13. The van der Waals surface area contributed by atoms with Crippen LogP contribution in [0.3, 0.4) is 0 Å². The van der Waals surface area contributed by atoms with Gasteiger partial charge in [-0.15, -0.1) is 0 Å². The van der Waals surface area contributed by atoms with Crippen molar-refractivity contribution in [1.29, 1.82) is 0 Å². The number of nitrogens with two attached hydrogens (primary N) is 1. The molecule has 1 amide bonds. The minimum atomic E-state index is -3.84. The number of carbonyl (C=O) groups is 1. The third kappa shape index (κ3) is 5.15. The van der Waals surface area contributed by atoms with Crippen LogP contribution in [0.4, 0.5) is 0 Å². The summed E-state index contributed by atoms with van der Waals surface area (Å²) in [4.78, 5) is 15.3. The quantitative estimate of drug-likeness (QED) is 0.616. The van der Waals surface area contributed by atoms with Crippen molar-refractivity contribution < 1.29 is 13.2 Å². The number of nitrogens with one attached hydrogen (secondary N) is 2. The highest BCUT2D eigenvalue weighted by Crippen LogP contribution is 2.09. The zero-order valence-electron chi connectivity index (χ0n) is 11.9. The maximum absolute atomic E-state index is 12.2. The van der Waals surface area contributed by atoms with Gasteiger partial charge in [0.15, 0.2) is 0 Å². The number of aromatic nitrogens is 1. The van der Waals surface area contributed by atoms with E-state index in [0.29, 0.717) is 12.1 Å². The first kappa shape index (κ1) is 17.1. The largest absolute Gasteiger partial charge is 0.355 e. The van der Waals surface area contributed by atoms with E-state index in [1.54, 1.807) is 6.92 Å². The van der Waals surface area contributed by atoms with Gasteiger partial charge in [-0.05, 0) is 19.9 Å². The van der Waals surface area contributed by atoms with Gasteiger partial charge in [-0.2, -0.15) is 4.72 Å². The summed E-state index contributed by atoms with van der Waals surface area (Å²) in [6, 6.07) is 0.497. The predicted octanol–water partition coefficient (Wildman–Crippen LogP) is -0.805. The van der Waals surface area contributed by atoms with Crippen LogP contribution < -0.4 is 15.8 Å². The molecule has 8 heteroatoms. The maximum Gasteiger partial charge on any atom is 0.242 e. The minimum absolute atomic E-state index is 0.0533. The van der Waals surface area contributed by atoms with E-state index < -0.39 is 22.0 Å². The lowest BCUT2D eigenvalue weighted by atomic mass is 10.3. The summed E-state index contributed by atoms with van der Waals surface area (Å²) in [5, 5.41) is 2.54. The first-order chi connectivity index (χ1) is 9.90. The number of sulfonamides is 1. The van der Waals surface area contributed by atoms with Crippen molar-refractivity contribution in [1.82, 2.24) is 15.0 Å². The molecule has 1 rings (SSSR count). The van der Waals surface area contributed by atoms with Crippen LogP contribution in [0.2, 0.25) is 0 Å². The van der Waals surface area contributed by atoms with Crippen molar-refractivity contribution in [3.05, 3.63) is 24.0 Å². The number of likely N-dealkylation sites (N-methyl/N-ethyl adjacent to an activating group) is 1. The normalized spacial score (nSPS) is 12.1. The molecule has 0 aliphatic rings. The number of nitrogens with zero attached hydrogens (tertiary/aromatic N) is 1. The molecule has 0 saturated carbocycles. The number of hydrogen-bond acceptors (Lipinski definition) is 5. The van der Waals surface area contributed by atoms with Crippen LogP contribution >= 0.6 is 0 Å². The van der Waals surface area contributed by atoms with Crippen molar-refractivity contribution in [3.8, 4) is 11.8 Å². The lowest BCUT2D eigenvalue weighted by Crippen LogP contribution is -2.44. The zero-order valence-corrected chi connectivity index (χ0v) is 12.7. The molecule has 0 saturated heterocycles. The van der Waals surface area contributed by atoms with E-state index in [0.717, 1.165) is 0 Å². The molecule has 0 aliphatic carbocycles. The summed E-state index contributed by atoms with van der Waals surface area (Å²) < 4.78 is 26.6. The van der Waals surface area contributed by atoms with Gasteiger partial charge in [0.1, 0.15) is 4.90 Å². The standard InChI is InChI=1S/C13H18N4O3S/c1-3-16-13(18)10(2)17-21(19,20)12-7-11(5-4-6-14)8-15-9-12/h7-10,17H,3,6,14H2,1-2H3,(H,16,18). The van der Waals surface area contributed by atoms with Crippen LogP contribution in [-0.4, -0.2) is 38.4 Å². The monoisotopic (exact) mass is 310 g/mol.